The molecular formula is C21H24O5. The second-order valence-corrected chi connectivity index (χ2v) is 7.17. The van der Waals surface area contributed by atoms with Crippen molar-refractivity contribution in [3.05, 3.63) is 71.8 Å². The largest absolute Gasteiger partial charge is 0.481 e. The van der Waals surface area contributed by atoms with Gasteiger partial charge in [-0.05, 0) is 37.8 Å². The first-order valence-electron chi connectivity index (χ1n) is 8.43. The van der Waals surface area contributed by atoms with Crippen molar-refractivity contribution < 1.29 is 24.9 Å². The summed E-state index contributed by atoms with van der Waals surface area (Å²) in [5.41, 5.74) is -1.85. The van der Waals surface area contributed by atoms with Gasteiger partial charge in [0, 0.05) is 0 Å². The summed E-state index contributed by atoms with van der Waals surface area (Å²) < 4.78 is 0. The third-order valence-electron chi connectivity index (χ3n) is 5.01. The highest BCUT2D eigenvalue weighted by molar-refractivity contribution is 5.80. The molecule has 3 N–H and O–H groups in total. The van der Waals surface area contributed by atoms with Crippen molar-refractivity contribution >= 4 is 11.9 Å². The van der Waals surface area contributed by atoms with E-state index in [1.807, 2.05) is 12.1 Å². The van der Waals surface area contributed by atoms with Gasteiger partial charge < -0.3 is 15.3 Å². The first-order valence-corrected chi connectivity index (χ1v) is 8.43. The zero-order valence-corrected chi connectivity index (χ0v) is 14.9. The zero-order chi connectivity index (χ0) is 19.4. The number of aliphatic hydroxyl groups is 1. The average Bonchev–Trinajstić information content (AvgIpc) is 2.62. The van der Waals surface area contributed by atoms with E-state index >= 15 is 0 Å². The topological polar surface area (TPSA) is 94.8 Å². The summed E-state index contributed by atoms with van der Waals surface area (Å²) in [5, 5.41) is 30.6. The molecule has 2 aromatic carbocycles. The maximum Gasteiger partial charge on any atom is 0.312 e. The molecule has 5 nitrogen and oxygen atoms in total. The molecule has 26 heavy (non-hydrogen) atoms. The van der Waals surface area contributed by atoms with Crippen LogP contribution in [0, 0.1) is 10.8 Å². The van der Waals surface area contributed by atoms with Crippen LogP contribution in [0.4, 0.5) is 0 Å². The smallest absolute Gasteiger partial charge is 0.312 e. The number of rotatable bonds is 8. The van der Waals surface area contributed by atoms with Gasteiger partial charge >= 0.3 is 11.9 Å². The number of benzene rings is 2. The lowest BCUT2D eigenvalue weighted by atomic mass is 9.65. The molecule has 2 atom stereocenters. The van der Waals surface area contributed by atoms with Gasteiger partial charge in [0.2, 0.25) is 0 Å². The van der Waals surface area contributed by atoms with Gasteiger partial charge in [0.05, 0.1) is 16.9 Å². The van der Waals surface area contributed by atoms with Crippen LogP contribution in [0.25, 0.3) is 0 Å². The normalized spacial score (nSPS) is 16.9. The van der Waals surface area contributed by atoms with E-state index in [2.05, 4.69) is 0 Å². The molecule has 0 saturated carbocycles. The van der Waals surface area contributed by atoms with Gasteiger partial charge in [-0.25, -0.2) is 0 Å². The van der Waals surface area contributed by atoms with E-state index in [9.17, 15) is 24.9 Å². The van der Waals surface area contributed by atoms with Crippen molar-refractivity contribution in [3.8, 4) is 0 Å². The van der Waals surface area contributed by atoms with Crippen LogP contribution in [0.3, 0.4) is 0 Å². The molecule has 0 spiro atoms. The number of carboxylic acids is 2. The van der Waals surface area contributed by atoms with Crippen molar-refractivity contribution in [2.75, 3.05) is 0 Å². The lowest BCUT2D eigenvalue weighted by Crippen LogP contribution is -2.54. The molecule has 0 bridgehead atoms. The third-order valence-corrected chi connectivity index (χ3v) is 5.01. The quantitative estimate of drug-likeness (QED) is 0.676. The molecule has 5 heteroatoms. The van der Waals surface area contributed by atoms with Gasteiger partial charge in [0.25, 0.3) is 0 Å². The maximum absolute atomic E-state index is 12.0. The Kier molecular flexibility index (Phi) is 5.83. The molecular weight excluding hydrogens is 332 g/mol. The highest BCUT2D eigenvalue weighted by Gasteiger charge is 2.53. The van der Waals surface area contributed by atoms with E-state index in [-0.39, 0.29) is 12.8 Å². The van der Waals surface area contributed by atoms with Crippen LogP contribution in [0.15, 0.2) is 60.7 Å². The second-order valence-electron chi connectivity index (χ2n) is 7.17. The Labute approximate surface area is 152 Å². The Balaban J connectivity index is 2.41. The molecule has 2 unspecified atom stereocenters. The number of hydrogen-bond donors (Lipinski definition) is 3. The van der Waals surface area contributed by atoms with Crippen molar-refractivity contribution in [1.29, 1.82) is 0 Å². The van der Waals surface area contributed by atoms with Gasteiger partial charge in [0.15, 0.2) is 0 Å². The summed E-state index contributed by atoms with van der Waals surface area (Å²) in [7, 11) is 0. The molecule has 2 rings (SSSR count). The van der Waals surface area contributed by atoms with Crippen molar-refractivity contribution in [1.82, 2.24) is 0 Å². The van der Waals surface area contributed by atoms with Gasteiger partial charge in [-0.15, -0.1) is 0 Å². The molecule has 138 valence electrons. The lowest BCUT2D eigenvalue weighted by molar-refractivity contribution is -0.173. The number of aliphatic hydroxyl groups excluding tert-OH is 1. The van der Waals surface area contributed by atoms with Crippen LogP contribution in [-0.2, 0) is 22.4 Å². The summed E-state index contributed by atoms with van der Waals surface area (Å²) in [6, 6.07) is 17.8. The number of carboxylic acid groups (broad SMARTS) is 2. The second kappa shape index (κ2) is 7.70. The summed E-state index contributed by atoms with van der Waals surface area (Å²) in [4.78, 5) is 24.1. The standard InChI is InChI=1S/C21H24O5/c1-20(18(23)24,13-15-9-5-3-6-10-15)17(22)21(2,19(25)26)14-16-11-7-4-8-12-16/h3-12,17,22H,13-14H2,1-2H3,(H,23,24)(H,25,26). The monoisotopic (exact) mass is 356 g/mol. The lowest BCUT2D eigenvalue weighted by Gasteiger charge is -2.40. The minimum Gasteiger partial charge on any atom is -0.481 e. The Bertz CT molecular complexity index is 693. The fraction of sp³-hybridized carbons (Fsp3) is 0.333. The van der Waals surface area contributed by atoms with E-state index in [1.165, 1.54) is 13.8 Å². The van der Waals surface area contributed by atoms with Crippen molar-refractivity contribution in [2.24, 2.45) is 10.8 Å². The fourth-order valence-electron chi connectivity index (χ4n) is 3.32. The molecule has 0 fully saturated rings. The van der Waals surface area contributed by atoms with Gasteiger partial charge in [-0.1, -0.05) is 60.7 Å². The Morgan fingerprint density at radius 3 is 1.35 bits per heavy atom. The number of carbonyl (C=O) groups is 2. The van der Waals surface area contributed by atoms with E-state index in [0.717, 1.165) is 11.1 Å². The minimum atomic E-state index is -1.65. The van der Waals surface area contributed by atoms with Crippen LogP contribution in [0.1, 0.15) is 25.0 Å². The summed E-state index contributed by atoms with van der Waals surface area (Å²) in [5.74, 6) is -2.45. The molecule has 0 aliphatic heterocycles. The van der Waals surface area contributed by atoms with E-state index < -0.39 is 28.9 Å². The highest BCUT2D eigenvalue weighted by atomic mass is 16.4. The number of hydrogen-bond acceptors (Lipinski definition) is 3. The van der Waals surface area contributed by atoms with Gasteiger partial charge in [-0.2, -0.15) is 0 Å². The molecule has 0 radical (unpaired) electrons. The van der Waals surface area contributed by atoms with Crippen molar-refractivity contribution in [2.45, 2.75) is 32.8 Å². The van der Waals surface area contributed by atoms with E-state index in [1.54, 1.807) is 48.5 Å². The minimum absolute atomic E-state index is 0.0298. The Hall–Kier alpha value is -2.66. The predicted octanol–water partition coefficient (Wildman–Crippen LogP) is 3.01. The number of aliphatic carboxylic acids is 2. The van der Waals surface area contributed by atoms with Crippen LogP contribution in [0.5, 0.6) is 0 Å². The summed E-state index contributed by atoms with van der Waals surface area (Å²) in [6.07, 6.45) is -1.53. The molecule has 0 aliphatic rings. The predicted molar refractivity (Wildman–Crippen MR) is 97.8 cm³/mol. The molecule has 2 aromatic rings. The Morgan fingerprint density at radius 2 is 1.08 bits per heavy atom. The van der Waals surface area contributed by atoms with Gasteiger partial charge in [0.1, 0.15) is 0 Å². The van der Waals surface area contributed by atoms with Crippen LogP contribution in [-0.4, -0.2) is 33.4 Å². The maximum atomic E-state index is 12.0. The first-order chi connectivity index (χ1) is 12.2. The van der Waals surface area contributed by atoms with E-state index in [0.29, 0.717) is 0 Å². The van der Waals surface area contributed by atoms with Crippen LogP contribution in [0.2, 0.25) is 0 Å². The van der Waals surface area contributed by atoms with Crippen LogP contribution >= 0.6 is 0 Å². The average molecular weight is 356 g/mol. The highest BCUT2D eigenvalue weighted by Crippen LogP contribution is 2.40. The molecule has 0 saturated heterocycles. The molecule has 0 heterocycles. The molecule has 0 amide bonds. The molecule has 0 aromatic heterocycles. The third kappa shape index (κ3) is 3.94. The molecule has 0 aliphatic carbocycles. The zero-order valence-electron chi connectivity index (χ0n) is 14.9. The summed E-state index contributed by atoms with van der Waals surface area (Å²) in [6.45, 7) is 2.80. The summed E-state index contributed by atoms with van der Waals surface area (Å²) >= 11 is 0. The Morgan fingerprint density at radius 1 is 0.769 bits per heavy atom. The van der Waals surface area contributed by atoms with Crippen LogP contribution < -0.4 is 0 Å². The van der Waals surface area contributed by atoms with Crippen molar-refractivity contribution in [3.63, 3.8) is 0 Å². The first kappa shape index (κ1) is 19.7. The fourth-order valence-corrected chi connectivity index (χ4v) is 3.32. The van der Waals surface area contributed by atoms with E-state index in [4.69, 9.17) is 0 Å². The SMILES string of the molecule is CC(Cc1ccccc1)(C(=O)O)C(O)C(C)(Cc1ccccc1)C(=O)O. The van der Waals surface area contributed by atoms with Gasteiger partial charge in [-0.3, -0.25) is 9.59 Å².